The molecule has 1 unspecified atom stereocenters. The van der Waals surface area contributed by atoms with E-state index in [2.05, 4.69) is 13.8 Å². The smallest absolute Gasteiger partial charge is 0.303 e. The Balaban J connectivity index is 3.98. The fourth-order valence-corrected chi connectivity index (χ4v) is 1.74. The van der Waals surface area contributed by atoms with Crippen molar-refractivity contribution in [3.8, 4) is 0 Å². The second kappa shape index (κ2) is 6.36. The largest absolute Gasteiger partial charge is 0.481 e. The van der Waals surface area contributed by atoms with Gasteiger partial charge in [-0.05, 0) is 38.5 Å². The maximum absolute atomic E-state index is 10.6. The summed E-state index contributed by atoms with van der Waals surface area (Å²) in [4.78, 5) is 21.0. The molecule has 0 heterocycles. The third-order valence-electron chi connectivity index (χ3n) is 2.18. The number of carboxylic acid groups (broad SMARTS) is 1. The summed E-state index contributed by atoms with van der Waals surface area (Å²) in [5, 5.41) is 8.71. The summed E-state index contributed by atoms with van der Waals surface area (Å²) in [5.74, 6) is -0.610. The lowest BCUT2D eigenvalue weighted by atomic mass is 9.83. The Morgan fingerprint density at radius 1 is 1.24 bits per heavy atom. The van der Waals surface area contributed by atoms with Gasteiger partial charge in [0.2, 0.25) is 0 Å². The van der Waals surface area contributed by atoms with Crippen LogP contribution >= 0.6 is 0 Å². The van der Waals surface area contributed by atoms with E-state index in [0.717, 1.165) is 6.42 Å². The lowest BCUT2D eigenvalue weighted by Gasteiger charge is -2.28. The van der Waals surface area contributed by atoms with E-state index in [-0.39, 0.29) is 23.4 Å². The standard InChI is InChI=1S/C13H26O4/c1-10(7-11(14)15)8-13(5,6)9-16-17-12(2,3)4/h10H,7-9H2,1-6H3,(H,14,15). The van der Waals surface area contributed by atoms with Gasteiger partial charge in [-0.15, -0.1) is 0 Å². The van der Waals surface area contributed by atoms with E-state index in [1.165, 1.54) is 0 Å². The van der Waals surface area contributed by atoms with Gasteiger partial charge in [0, 0.05) is 6.42 Å². The average molecular weight is 246 g/mol. The van der Waals surface area contributed by atoms with E-state index in [1.54, 1.807) is 0 Å². The molecule has 0 rings (SSSR count). The minimum atomic E-state index is -0.750. The molecule has 1 N–H and O–H groups in total. The van der Waals surface area contributed by atoms with E-state index in [4.69, 9.17) is 14.9 Å². The molecule has 0 bridgehead atoms. The molecular weight excluding hydrogens is 220 g/mol. The Labute approximate surface area is 104 Å². The van der Waals surface area contributed by atoms with Crippen molar-refractivity contribution in [1.29, 1.82) is 0 Å². The van der Waals surface area contributed by atoms with Gasteiger partial charge in [-0.25, -0.2) is 9.78 Å². The molecule has 0 spiro atoms. The van der Waals surface area contributed by atoms with Crippen LogP contribution < -0.4 is 0 Å². The third-order valence-corrected chi connectivity index (χ3v) is 2.18. The topological polar surface area (TPSA) is 55.8 Å². The van der Waals surface area contributed by atoms with Gasteiger partial charge in [0.15, 0.2) is 0 Å². The average Bonchev–Trinajstić information content (AvgIpc) is 1.96. The maximum Gasteiger partial charge on any atom is 0.303 e. The fourth-order valence-electron chi connectivity index (χ4n) is 1.74. The molecule has 0 saturated heterocycles. The highest BCUT2D eigenvalue weighted by Crippen LogP contribution is 2.28. The molecule has 102 valence electrons. The molecule has 17 heavy (non-hydrogen) atoms. The number of aliphatic carboxylic acids is 1. The first kappa shape index (κ1) is 16.4. The molecule has 0 radical (unpaired) electrons. The minimum absolute atomic E-state index is 0.0832. The van der Waals surface area contributed by atoms with Crippen molar-refractivity contribution in [1.82, 2.24) is 0 Å². The Hall–Kier alpha value is -0.610. The summed E-state index contributed by atoms with van der Waals surface area (Å²) < 4.78 is 0. The minimum Gasteiger partial charge on any atom is -0.481 e. The number of carboxylic acids is 1. The molecule has 0 aliphatic carbocycles. The monoisotopic (exact) mass is 246 g/mol. The lowest BCUT2D eigenvalue weighted by molar-refractivity contribution is -0.359. The van der Waals surface area contributed by atoms with Crippen molar-refractivity contribution >= 4 is 5.97 Å². The van der Waals surface area contributed by atoms with E-state index in [1.807, 2.05) is 27.7 Å². The highest BCUT2D eigenvalue weighted by Gasteiger charge is 2.24. The van der Waals surface area contributed by atoms with Crippen LogP contribution in [0.3, 0.4) is 0 Å². The van der Waals surface area contributed by atoms with Gasteiger partial charge < -0.3 is 5.11 Å². The summed E-state index contributed by atoms with van der Waals surface area (Å²) in [6.07, 6.45) is 0.996. The van der Waals surface area contributed by atoms with Crippen LogP contribution in [-0.2, 0) is 14.6 Å². The summed E-state index contributed by atoms with van der Waals surface area (Å²) in [6, 6.07) is 0. The molecule has 0 aromatic carbocycles. The highest BCUT2D eigenvalue weighted by molar-refractivity contribution is 5.66. The first-order valence-corrected chi connectivity index (χ1v) is 6.04. The molecule has 0 aromatic heterocycles. The molecule has 0 amide bonds. The molecule has 0 aliphatic rings. The van der Waals surface area contributed by atoms with Gasteiger partial charge in [-0.2, -0.15) is 0 Å². The van der Waals surface area contributed by atoms with Crippen molar-refractivity contribution in [2.24, 2.45) is 11.3 Å². The number of hydrogen-bond acceptors (Lipinski definition) is 3. The van der Waals surface area contributed by atoms with Crippen molar-refractivity contribution in [3.63, 3.8) is 0 Å². The van der Waals surface area contributed by atoms with Gasteiger partial charge in [-0.1, -0.05) is 20.8 Å². The zero-order valence-electron chi connectivity index (χ0n) is 11.9. The van der Waals surface area contributed by atoms with Crippen LogP contribution in [0.2, 0.25) is 0 Å². The van der Waals surface area contributed by atoms with E-state index >= 15 is 0 Å². The van der Waals surface area contributed by atoms with Crippen molar-refractivity contribution in [3.05, 3.63) is 0 Å². The number of carbonyl (C=O) groups is 1. The maximum atomic E-state index is 10.6. The van der Waals surface area contributed by atoms with Crippen LogP contribution in [0.25, 0.3) is 0 Å². The van der Waals surface area contributed by atoms with Crippen LogP contribution in [-0.4, -0.2) is 23.3 Å². The Morgan fingerprint density at radius 3 is 2.18 bits per heavy atom. The van der Waals surface area contributed by atoms with Crippen molar-refractivity contribution < 1.29 is 19.7 Å². The normalized spacial score (nSPS) is 14.7. The molecule has 0 fully saturated rings. The van der Waals surface area contributed by atoms with Gasteiger partial charge in [0.1, 0.15) is 0 Å². The predicted molar refractivity (Wildman–Crippen MR) is 66.6 cm³/mol. The van der Waals surface area contributed by atoms with Gasteiger partial charge >= 0.3 is 5.97 Å². The van der Waals surface area contributed by atoms with Gasteiger partial charge in [-0.3, -0.25) is 4.79 Å². The second-order valence-electron chi connectivity index (χ2n) is 6.53. The lowest BCUT2D eigenvalue weighted by Crippen LogP contribution is -2.27. The van der Waals surface area contributed by atoms with Crippen LogP contribution in [0.1, 0.15) is 54.4 Å². The first-order valence-electron chi connectivity index (χ1n) is 6.04. The van der Waals surface area contributed by atoms with E-state index in [9.17, 15) is 4.79 Å². The van der Waals surface area contributed by atoms with Crippen LogP contribution in [0.5, 0.6) is 0 Å². The van der Waals surface area contributed by atoms with E-state index < -0.39 is 5.97 Å². The van der Waals surface area contributed by atoms with Gasteiger partial charge in [0.05, 0.1) is 12.2 Å². The van der Waals surface area contributed by atoms with Crippen LogP contribution in [0.15, 0.2) is 0 Å². The second-order valence-corrected chi connectivity index (χ2v) is 6.53. The summed E-state index contributed by atoms with van der Waals surface area (Å²) in [7, 11) is 0. The molecule has 0 saturated carbocycles. The zero-order valence-corrected chi connectivity index (χ0v) is 11.9. The Kier molecular flexibility index (Phi) is 6.13. The molecule has 4 heteroatoms. The molecule has 0 aromatic rings. The summed E-state index contributed by atoms with van der Waals surface area (Å²) in [6.45, 7) is 12.3. The van der Waals surface area contributed by atoms with Crippen LogP contribution in [0.4, 0.5) is 0 Å². The zero-order chi connectivity index (χ0) is 13.7. The highest BCUT2D eigenvalue weighted by atomic mass is 17.2. The summed E-state index contributed by atoms with van der Waals surface area (Å²) >= 11 is 0. The first-order chi connectivity index (χ1) is 7.52. The van der Waals surface area contributed by atoms with Gasteiger partial charge in [0.25, 0.3) is 0 Å². The number of rotatable bonds is 7. The predicted octanol–water partition coefficient (Wildman–Crippen LogP) is 3.26. The van der Waals surface area contributed by atoms with Crippen molar-refractivity contribution in [2.45, 2.75) is 60.0 Å². The fraction of sp³-hybridized carbons (Fsp3) is 0.923. The quantitative estimate of drug-likeness (QED) is 0.553. The molecule has 1 atom stereocenters. The summed E-state index contributed by atoms with van der Waals surface area (Å²) in [5.41, 5.74) is -0.400. The Morgan fingerprint density at radius 2 is 1.76 bits per heavy atom. The van der Waals surface area contributed by atoms with Crippen LogP contribution in [0, 0.1) is 11.3 Å². The van der Waals surface area contributed by atoms with Crippen molar-refractivity contribution in [2.75, 3.05) is 6.61 Å². The molecular formula is C13H26O4. The Bertz CT molecular complexity index is 240. The molecule has 0 aliphatic heterocycles. The SMILES string of the molecule is CC(CC(=O)O)CC(C)(C)COOC(C)(C)C. The third kappa shape index (κ3) is 10.3. The molecule has 4 nitrogen and oxygen atoms in total. The number of hydrogen-bond donors (Lipinski definition) is 1. The van der Waals surface area contributed by atoms with E-state index in [0.29, 0.717) is 6.61 Å².